The third kappa shape index (κ3) is 7.37. The topological polar surface area (TPSA) is 95.9 Å². The number of carboxylic acids is 1. The molecule has 0 aliphatic carbocycles. The number of carbonyl (C=O) groups excluding carboxylic acids is 2. The fourth-order valence-electron chi connectivity index (χ4n) is 3.92. The van der Waals surface area contributed by atoms with Crippen LogP contribution in [0.5, 0.6) is 0 Å². The van der Waals surface area contributed by atoms with Crippen LogP contribution in [0.25, 0.3) is 0 Å². The maximum Gasteiger partial charge on any atom is 0.303 e. The largest absolute Gasteiger partial charge is 0.481 e. The van der Waals surface area contributed by atoms with Gasteiger partial charge < -0.3 is 20.1 Å². The summed E-state index contributed by atoms with van der Waals surface area (Å²) in [5.74, 6) is -1.47. The number of halogens is 1. The zero-order valence-corrected chi connectivity index (χ0v) is 21.1. The van der Waals surface area contributed by atoms with Gasteiger partial charge in [-0.3, -0.25) is 14.4 Å². The number of carboxylic acid groups (broad SMARTS) is 1. The van der Waals surface area contributed by atoms with Crippen LogP contribution in [0, 0.1) is 0 Å². The number of rotatable bonds is 11. The average Bonchev–Trinajstić information content (AvgIpc) is 3.14. The Balaban J connectivity index is 1.72. The Labute approximate surface area is 209 Å². The van der Waals surface area contributed by atoms with Gasteiger partial charge in [-0.05, 0) is 62.1 Å². The molecule has 1 aliphatic heterocycles. The molecule has 2 heterocycles. The van der Waals surface area contributed by atoms with Gasteiger partial charge in [0.15, 0.2) is 5.78 Å². The number of Topliss-reactive ketones (excluding diaryl/α,β-unsaturated/α-hetero) is 1. The van der Waals surface area contributed by atoms with Gasteiger partial charge in [-0.25, -0.2) is 0 Å². The van der Waals surface area contributed by atoms with Crippen LogP contribution >= 0.6 is 22.9 Å². The van der Waals surface area contributed by atoms with Crippen LogP contribution in [-0.2, 0) is 33.6 Å². The van der Waals surface area contributed by atoms with Crippen molar-refractivity contribution >= 4 is 40.6 Å². The lowest BCUT2D eigenvalue weighted by atomic mass is 9.90. The molecular formula is C25H31ClN2O5S. The minimum Gasteiger partial charge on any atom is -0.481 e. The third-order valence-corrected chi connectivity index (χ3v) is 7.26. The SMILES string of the molecule is CN1CCc2ccc(CC(=O)[C@@](C)(COCCCC(=O)O)NC(=O)c3ccc(Cl)s3)cc2CC1. The lowest BCUT2D eigenvalue weighted by Gasteiger charge is -2.29. The van der Waals surface area contributed by atoms with E-state index in [1.807, 2.05) is 6.07 Å². The van der Waals surface area contributed by atoms with Crippen LogP contribution in [-0.4, -0.2) is 66.6 Å². The van der Waals surface area contributed by atoms with Crippen LogP contribution in [0.3, 0.4) is 0 Å². The Morgan fingerprint density at radius 1 is 1.18 bits per heavy atom. The predicted octanol–water partition coefficient (Wildman–Crippen LogP) is 3.61. The molecule has 1 amide bonds. The molecule has 184 valence electrons. The van der Waals surface area contributed by atoms with Crippen molar-refractivity contribution < 1.29 is 24.2 Å². The summed E-state index contributed by atoms with van der Waals surface area (Å²) < 4.78 is 6.13. The first-order valence-electron chi connectivity index (χ1n) is 11.4. The number of nitrogens with one attached hydrogen (secondary N) is 1. The molecule has 0 bridgehead atoms. The molecule has 0 spiro atoms. The number of fused-ring (bicyclic) bond motifs is 1. The van der Waals surface area contributed by atoms with Gasteiger partial charge in [0.1, 0.15) is 5.54 Å². The Kier molecular flexibility index (Phi) is 9.24. The van der Waals surface area contributed by atoms with Gasteiger partial charge >= 0.3 is 5.97 Å². The number of benzene rings is 1. The predicted molar refractivity (Wildman–Crippen MR) is 133 cm³/mol. The van der Waals surface area contributed by atoms with E-state index in [1.165, 1.54) is 11.1 Å². The number of aliphatic carboxylic acids is 1. The van der Waals surface area contributed by atoms with Gasteiger partial charge in [-0.2, -0.15) is 0 Å². The number of ketones is 1. The van der Waals surface area contributed by atoms with Crippen molar-refractivity contribution in [2.75, 3.05) is 33.4 Å². The molecule has 7 nitrogen and oxygen atoms in total. The summed E-state index contributed by atoms with van der Waals surface area (Å²) in [7, 11) is 2.11. The molecule has 2 aromatic rings. The molecular weight excluding hydrogens is 476 g/mol. The summed E-state index contributed by atoms with van der Waals surface area (Å²) >= 11 is 7.10. The van der Waals surface area contributed by atoms with Gasteiger partial charge in [-0.1, -0.05) is 29.8 Å². The lowest BCUT2D eigenvalue weighted by Crippen LogP contribution is -2.56. The molecule has 0 unspecified atom stereocenters. The molecule has 0 radical (unpaired) electrons. The first-order valence-corrected chi connectivity index (χ1v) is 12.6. The number of hydrogen-bond acceptors (Lipinski definition) is 6. The molecule has 0 saturated carbocycles. The van der Waals surface area contributed by atoms with Crippen molar-refractivity contribution in [1.82, 2.24) is 10.2 Å². The zero-order valence-electron chi connectivity index (χ0n) is 19.6. The lowest BCUT2D eigenvalue weighted by molar-refractivity contribution is -0.137. The van der Waals surface area contributed by atoms with Crippen molar-refractivity contribution in [3.63, 3.8) is 0 Å². The van der Waals surface area contributed by atoms with Crippen LogP contribution in [0.2, 0.25) is 4.34 Å². The molecule has 0 saturated heterocycles. The molecule has 1 aliphatic rings. The van der Waals surface area contributed by atoms with Crippen LogP contribution in [0.15, 0.2) is 30.3 Å². The van der Waals surface area contributed by atoms with E-state index in [4.69, 9.17) is 21.4 Å². The van der Waals surface area contributed by atoms with Crippen molar-refractivity contribution in [3.05, 3.63) is 56.2 Å². The third-order valence-electron chi connectivity index (χ3n) is 6.03. The highest BCUT2D eigenvalue weighted by atomic mass is 35.5. The molecule has 1 atom stereocenters. The normalized spacial score (nSPS) is 15.7. The Hall–Kier alpha value is -2.26. The molecule has 1 aromatic carbocycles. The second-order valence-electron chi connectivity index (χ2n) is 8.95. The zero-order chi connectivity index (χ0) is 24.7. The van der Waals surface area contributed by atoms with Crippen molar-refractivity contribution in [2.24, 2.45) is 0 Å². The Morgan fingerprint density at radius 3 is 2.59 bits per heavy atom. The van der Waals surface area contributed by atoms with Crippen molar-refractivity contribution in [1.29, 1.82) is 0 Å². The summed E-state index contributed by atoms with van der Waals surface area (Å²) in [6, 6.07) is 9.43. The monoisotopic (exact) mass is 506 g/mol. The molecule has 1 aromatic heterocycles. The van der Waals surface area contributed by atoms with E-state index in [2.05, 4.69) is 29.4 Å². The van der Waals surface area contributed by atoms with Gasteiger partial charge in [-0.15, -0.1) is 11.3 Å². The molecule has 34 heavy (non-hydrogen) atoms. The van der Waals surface area contributed by atoms with Crippen LogP contribution in [0.1, 0.15) is 46.1 Å². The Bertz CT molecular complexity index is 1040. The van der Waals surface area contributed by atoms with E-state index < -0.39 is 17.4 Å². The second-order valence-corrected chi connectivity index (χ2v) is 10.7. The van der Waals surface area contributed by atoms with E-state index in [1.54, 1.807) is 19.1 Å². The number of hydrogen-bond donors (Lipinski definition) is 2. The first kappa shape index (κ1) is 26.3. The molecule has 0 fully saturated rings. The smallest absolute Gasteiger partial charge is 0.303 e. The number of amides is 1. The number of likely N-dealkylation sites (N-methyl/N-ethyl adjacent to an activating group) is 1. The molecule has 2 N–H and O–H groups in total. The van der Waals surface area contributed by atoms with Crippen molar-refractivity contribution in [2.45, 2.75) is 44.6 Å². The highest BCUT2D eigenvalue weighted by molar-refractivity contribution is 7.18. The van der Waals surface area contributed by atoms with E-state index in [0.717, 1.165) is 42.8 Å². The number of nitrogens with zero attached hydrogens (tertiary/aromatic N) is 1. The number of thiophene rings is 1. The summed E-state index contributed by atoms with van der Waals surface area (Å²) in [6.07, 6.45) is 2.39. The Morgan fingerprint density at radius 2 is 1.91 bits per heavy atom. The number of ether oxygens (including phenoxy) is 1. The minimum atomic E-state index is -1.27. The highest BCUT2D eigenvalue weighted by Crippen LogP contribution is 2.23. The van der Waals surface area contributed by atoms with Crippen molar-refractivity contribution in [3.8, 4) is 0 Å². The van der Waals surface area contributed by atoms with Gasteiger partial charge in [0.2, 0.25) is 0 Å². The summed E-state index contributed by atoms with van der Waals surface area (Å²) in [6.45, 7) is 3.78. The van der Waals surface area contributed by atoms with Crippen LogP contribution < -0.4 is 5.32 Å². The maximum absolute atomic E-state index is 13.4. The van der Waals surface area contributed by atoms with E-state index in [0.29, 0.717) is 15.6 Å². The average molecular weight is 507 g/mol. The first-order chi connectivity index (χ1) is 16.2. The summed E-state index contributed by atoms with van der Waals surface area (Å²) in [5.41, 5.74) is 2.20. The summed E-state index contributed by atoms with van der Waals surface area (Å²) in [4.78, 5) is 39.7. The van der Waals surface area contributed by atoms with E-state index >= 15 is 0 Å². The quantitative estimate of drug-likeness (QED) is 0.452. The minimum absolute atomic E-state index is 0.0188. The number of carbonyl (C=O) groups is 3. The van der Waals surface area contributed by atoms with Gasteiger partial charge in [0.05, 0.1) is 15.8 Å². The highest BCUT2D eigenvalue weighted by Gasteiger charge is 2.35. The fraction of sp³-hybridized carbons (Fsp3) is 0.480. The van der Waals surface area contributed by atoms with Crippen LogP contribution in [0.4, 0.5) is 0 Å². The second kappa shape index (κ2) is 11.9. The maximum atomic E-state index is 13.4. The van der Waals surface area contributed by atoms with E-state index in [9.17, 15) is 14.4 Å². The van der Waals surface area contributed by atoms with E-state index in [-0.39, 0.29) is 31.8 Å². The fourth-order valence-corrected chi connectivity index (χ4v) is 4.86. The standard InChI is InChI=1S/C25H31ClN2O5S/c1-25(16-33-13-3-4-23(30)31,27-24(32)20-7-8-22(26)34-20)21(29)15-17-5-6-18-9-11-28(2)12-10-19(18)14-17/h5-8,14H,3-4,9-13,15-16H2,1-2H3,(H,27,32)(H,30,31)/t25-/m1/s1. The molecule has 9 heteroatoms. The summed E-state index contributed by atoms with van der Waals surface area (Å²) in [5, 5.41) is 11.6. The van der Waals surface area contributed by atoms with Gasteiger partial charge in [0.25, 0.3) is 5.91 Å². The van der Waals surface area contributed by atoms with Gasteiger partial charge in [0, 0.05) is 32.5 Å². The molecule has 3 rings (SSSR count).